The van der Waals surface area contributed by atoms with Crippen LogP contribution in [0.2, 0.25) is 0 Å². The van der Waals surface area contributed by atoms with Gasteiger partial charge in [-0.3, -0.25) is 4.79 Å². The molecule has 1 aromatic carbocycles. The molecule has 0 aliphatic carbocycles. The van der Waals surface area contributed by atoms with E-state index in [1.165, 1.54) is 6.92 Å². The quantitative estimate of drug-likeness (QED) is 0.887. The van der Waals surface area contributed by atoms with E-state index in [0.29, 0.717) is 10.7 Å². The van der Waals surface area contributed by atoms with Crippen LogP contribution < -0.4 is 5.73 Å². The number of carbonyl (C=O) groups excluding carboxylic acids is 1. The number of nitrogens with zero attached hydrogens (tertiary/aromatic N) is 2. The summed E-state index contributed by atoms with van der Waals surface area (Å²) in [5, 5.41) is 3.67. The van der Waals surface area contributed by atoms with E-state index in [-0.39, 0.29) is 11.4 Å². The Bertz CT molecular complexity index is 637. The minimum atomic E-state index is -1.08. The number of amides is 1. The highest BCUT2D eigenvalue weighted by molar-refractivity contribution is 5.94. The third-order valence-electron chi connectivity index (χ3n) is 2.39. The van der Waals surface area contributed by atoms with Crippen LogP contribution in [0.5, 0.6) is 0 Å². The van der Waals surface area contributed by atoms with Gasteiger partial charge in [-0.05, 0) is 19.1 Å². The fourth-order valence-corrected chi connectivity index (χ4v) is 1.59. The first-order chi connectivity index (χ1) is 8.41. The second-order valence-electron chi connectivity index (χ2n) is 3.62. The van der Waals surface area contributed by atoms with Crippen LogP contribution in [0.25, 0.3) is 5.69 Å². The van der Waals surface area contributed by atoms with Gasteiger partial charge in [0.05, 0.1) is 5.69 Å². The average Bonchev–Trinajstić information content (AvgIpc) is 2.54. The predicted octanol–water partition coefficient (Wildman–Crippen LogP) is 1.70. The number of carbonyl (C=O) groups is 1. The maximum atomic E-state index is 13.8. The highest BCUT2D eigenvalue weighted by Gasteiger charge is 2.22. The van der Waals surface area contributed by atoms with E-state index in [0.717, 1.165) is 12.1 Å². The van der Waals surface area contributed by atoms with E-state index in [9.17, 15) is 18.0 Å². The Hall–Kier alpha value is -2.31. The SMILES string of the molecule is Cc1nn(-c2ccc(F)cc2F)c(F)c1C(N)=O. The highest BCUT2D eigenvalue weighted by Crippen LogP contribution is 2.19. The predicted molar refractivity (Wildman–Crippen MR) is 56.7 cm³/mol. The zero-order chi connectivity index (χ0) is 13.4. The van der Waals surface area contributed by atoms with E-state index in [1.54, 1.807) is 0 Å². The first kappa shape index (κ1) is 12.2. The molecule has 7 heteroatoms. The van der Waals surface area contributed by atoms with Gasteiger partial charge in [-0.25, -0.2) is 13.5 Å². The van der Waals surface area contributed by atoms with Gasteiger partial charge in [0.2, 0.25) is 5.95 Å². The number of nitrogens with two attached hydrogens (primary N) is 1. The number of aromatic nitrogens is 2. The van der Waals surface area contributed by atoms with Gasteiger partial charge in [0.15, 0.2) is 5.82 Å². The summed E-state index contributed by atoms with van der Waals surface area (Å²) < 4.78 is 40.6. The van der Waals surface area contributed by atoms with Crippen LogP contribution in [-0.2, 0) is 0 Å². The number of rotatable bonds is 2. The summed E-state index contributed by atoms with van der Waals surface area (Å²) in [6.45, 7) is 1.36. The van der Waals surface area contributed by atoms with Crippen molar-refractivity contribution in [1.82, 2.24) is 9.78 Å². The van der Waals surface area contributed by atoms with Crippen LogP contribution >= 0.6 is 0 Å². The van der Waals surface area contributed by atoms with Gasteiger partial charge in [0.1, 0.15) is 17.1 Å². The Morgan fingerprint density at radius 1 is 1.33 bits per heavy atom. The molecule has 2 aromatic rings. The zero-order valence-corrected chi connectivity index (χ0v) is 9.25. The molecule has 0 saturated carbocycles. The van der Waals surface area contributed by atoms with Crippen LogP contribution in [-0.4, -0.2) is 15.7 Å². The van der Waals surface area contributed by atoms with Gasteiger partial charge in [-0.1, -0.05) is 0 Å². The van der Waals surface area contributed by atoms with Crippen LogP contribution in [0.4, 0.5) is 13.2 Å². The van der Waals surface area contributed by atoms with Gasteiger partial charge < -0.3 is 5.73 Å². The molecule has 0 radical (unpaired) electrons. The molecule has 2 N–H and O–H groups in total. The van der Waals surface area contributed by atoms with Crippen molar-refractivity contribution < 1.29 is 18.0 Å². The molecule has 0 atom stereocenters. The van der Waals surface area contributed by atoms with Crippen LogP contribution in [0, 0.1) is 24.5 Å². The molecule has 2 rings (SSSR count). The monoisotopic (exact) mass is 255 g/mol. The lowest BCUT2D eigenvalue weighted by molar-refractivity contribution is 0.0995. The van der Waals surface area contributed by atoms with E-state index >= 15 is 0 Å². The van der Waals surface area contributed by atoms with Crippen LogP contribution in [0.3, 0.4) is 0 Å². The second-order valence-corrected chi connectivity index (χ2v) is 3.62. The standard InChI is InChI=1S/C11H8F3N3O/c1-5-9(11(15)18)10(14)17(16-5)8-3-2-6(12)4-7(8)13/h2-4H,1H3,(H2,15,18). The third-order valence-corrected chi connectivity index (χ3v) is 2.39. The van der Waals surface area contributed by atoms with E-state index in [4.69, 9.17) is 5.73 Å². The fraction of sp³-hybridized carbons (Fsp3) is 0.0909. The molecule has 94 valence electrons. The first-order valence-electron chi connectivity index (χ1n) is 4.92. The van der Waals surface area contributed by atoms with Crippen molar-refractivity contribution in [2.24, 2.45) is 5.73 Å². The molecule has 0 fully saturated rings. The van der Waals surface area contributed by atoms with E-state index < -0.39 is 29.1 Å². The average molecular weight is 255 g/mol. The molecule has 18 heavy (non-hydrogen) atoms. The molecule has 1 heterocycles. The summed E-state index contributed by atoms with van der Waals surface area (Å²) >= 11 is 0. The van der Waals surface area contributed by atoms with Crippen LogP contribution in [0.15, 0.2) is 18.2 Å². The lowest BCUT2D eigenvalue weighted by Gasteiger charge is -2.03. The van der Waals surface area contributed by atoms with Gasteiger partial charge in [-0.2, -0.15) is 9.49 Å². The van der Waals surface area contributed by atoms with E-state index in [1.807, 2.05) is 0 Å². The smallest absolute Gasteiger partial charge is 0.255 e. The number of hydrogen-bond donors (Lipinski definition) is 1. The molecule has 4 nitrogen and oxygen atoms in total. The Labute approximate surface area is 99.8 Å². The number of hydrogen-bond acceptors (Lipinski definition) is 2. The van der Waals surface area contributed by atoms with Crippen molar-refractivity contribution >= 4 is 5.91 Å². The minimum Gasteiger partial charge on any atom is -0.365 e. The molecule has 1 amide bonds. The van der Waals surface area contributed by atoms with Crippen molar-refractivity contribution in [3.05, 3.63) is 47.0 Å². The Kier molecular flexibility index (Phi) is 2.82. The van der Waals surface area contributed by atoms with Crippen LogP contribution in [0.1, 0.15) is 16.1 Å². The lowest BCUT2D eigenvalue weighted by atomic mass is 10.2. The molecular weight excluding hydrogens is 247 g/mol. The maximum absolute atomic E-state index is 13.8. The molecule has 0 aliphatic heterocycles. The fourth-order valence-electron chi connectivity index (χ4n) is 1.59. The summed E-state index contributed by atoms with van der Waals surface area (Å²) in [5.74, 6) is -3.87. The Morgan fingerprint density at radius 2 is 2.00 bits per heavy atom. The summed E-state index contributed by atoms with van der Waals surface area (Å²) in [6.07, 6.45) is 0. The lowest BCUT2D eigenvalue weighted by Crippen LogP contribution is -2.14. The molecular formula is C11H8F3N3O. The molecule has 0 unspecified atom stereocenters. The Balaban J connectivity index is 2.65. The first-order valence-corrected chi connectivity index (χ1v) is 4.92. The summed E-state index contributed by atoms with van der Waals surface area (Å²) in [7, 11) is 0. The summed E-state index contributed by atoms with van der Waals surface area (Å²) in [6, 6.07) is 2.57. The van der Waals surface area contributed by atoms with Gasteiger partial charge in [0.25, 0.3) is 5.91 Å². The van der Waals surface area contributed by atoms with Crippen molar-refractivity contribution in [3.63, 3.8) is 0 Å². The molecule has 0 spiro atoms. The zero-order valence-electron chi connectivity index (χ0n) is 9.25. The number of benzene rings is 1. The minimum absolute atomic E-state index is 0.0312. The molecule has 0 saturated heterocycles. The number of primary amides is 1. The van der Waals surface area contributed by atoms with Crippen molar-refractivity contribution in [2.45, 2.75) is 6.92 Å². The highest BCUT2D eigenvalue weighted by atomic mass is 19.1. The largest absolute Gasteiger partial charge is 0.365 e. The van der Waals surface area contributed by atoms with Crippen molar-refractivity contribution in [2.75, 3.05) is 0 Å². The van der Waals surface area contributed by atoms with Crippen molar-refractivity contribution in [1.29, 1.82) is 0 Å². The van der Waals surface area contributed by atoms with Gasteiger partial charge in [-0.15, -0.1) is 0 Å². The second kappa shape index (κ2) is 4.17. The normalized spacial score (nSPS) is 10.7. The topological polar surface area (TPSA) is 60.9 Å². The van der Waals surface area contributed by atoms with Gasteiger partial charge in [0, 0.05) is 6.07 Å². The molecule has 0 aliphatic rings. The maximum Gasteiger partial charge on any atom is 0.255 e. The Morgan fingerprint density at radius 3 is 2.50 bits per heavy atom. The number of halogens is 3. The summed E-state index contributed by atoms with van der Waals surface area (Å²) in [4.78, 5) is 11.0. The summed E-state index contributed by atoms with van der Waals surface area (Å²) in [5.41, 5.74) is 4.29. The third kappa shape index (κ3) is 1.83. The van der Waals surface area contributed by atoms with E-state index in [2.05, 4.69) is 5.10 Å². The van der Waals surface area contributed by atoms with Crippen molar-refractivity contribution in [3.8, 4) is 5.69 Å². The number of aryl methyl sites for hydroxylation is 1. The molecule has 1 aromatic heterocycles. The van der Waals surface area contributed by atoms with Gasteiger partial charge >= 0.3 is 0 Å². The molecule has 0 bridgehead atoms.